The number of amides is 2. The number of carbonyl (C=O) groups is 2. The number of nitrogens with zero attached hydrogens (tertiary/aromatic N) is 1. The second-order valence-electron chi connectivity index (χ2n) is 8.38. The van der Waals surface area contributed by atoms with Crippen molar-refractivity contribution in [2.45, 2.75) is 39.0 Å². The highest BCUT2D eigenvalue weighted by atomic mass is 16.5. The van der Waals surface area contributed by atoms with Crippen LogP contribution in [0.4, 0.5) is 0 Å². The molecule has 154 valence electrons. The molecule has 2 atom stereocenters. The summed E-state index contributed by atoms with van der Waals surface area (Å²) in [5.41, 5.74) is 0.924. The fourth-order valence-electron chi connectivity index (χ4n) is 3.97. The van der Waals surface area contributed by atoms with Gasteiger partial charge in [-0.2, -0.15) is 0 Å². The Morgan fingerprint density at radius 2 is 1.93 bits per heavy atom. The molecular weight excluding hydrogens is 356 g/mol. The number of para-hydroxylation sites is 1. The zero-order valence-corrected chi connectivity index (χ0v) is 17.4. The molecule has 1 aliphatic carbocycles. The van der Waals surface area contributed by atoms with Gasteiger partial charge in [-0.3, -0.25) is 9.59 Å². The van der Waals surface area contributed by atoms with Crippen molar-refractivity contribution in [3.8, 4) is 11.5 Å². The Bertz CT molecular complexity index is 714. The molecule has 2 fully saturated rings. The van der Waals surface area contributed by atoms with Crippen LogP contribution in [-0.2, 0) is 9.59 Å². The average molecular weight is 389 g/mol. The van der Waals surface area contributed by atoms with Gasteiger partial charge in [0.15, 0.2) is 11.5 Å². The highest BCUT2D eigenvalue weighted by molar-refractivity contribution is 5.83. The van der Waals surface area contributed by atoms with E-state index < -0.39 is 0 Å². The Hall–Kier alpha value is -2.24. The van der Waals surface area contributed by atoms with Crippen LogP contribution in [-0.4, -0.2) is 50.6 Å². The lowest BCUT2D eigenvalue weighted by molar-refractivity contribution is -0.131. The van der Waals surface area contributed by atoms with Crippen LogP contribution in [0, 0.1) is 17.8 Å². The molecule has 1 saturated carbocycles. The van der Waals surface area contributed by atoms with Crippen molar-refractivity contribution in [1.29, 1.82) is 0 Å². The molecular formula is C22H32N2O4. The largest absolute Gasteiger partial charge is 0.493 e. The third kappa shape index (κ3) is 4.59. The van der Waals surface area contributed by atoms with Crippen molar-refractivity contribution in [2.75, 3.05) is 33.9 Å². The zero-order valence-electron chi connectivity index (χ0n) is 17.4. The molecule has 1 aliphatic heterocycles. The summed E-state index contributed by atoms with van der Waals surface area (Å²) in [6.45, 7) is 5.79. The zero-order chi connectivity index (χ0) is 20.3. The molecule has 2 unspecified atom stereocenters. The summed E-state index contributed by atoms with van der Waals surface area (Å²) in [6.07, 6.45) is 2.88. The van der Waals surface area contributed by atoms with Crippen LogP contribution in [0.5, 0.6) is 11.5 Å². The van der Waals surface area contributed by atoms with Gasteiger partial charge in [-0.15, -0.1) is 0 Å². The van der Waals surface area contributed by atoms with E-state index in [4.69, 9.17) is 9.47 Å². The Morgan fingerprint density at radius 1 is 1.18 bits per heavy atom. The van der Waals surface area contributed by atoms with E-state index in [1.54, 1.807) is 14.2 Å². The number of hydrogen-bond donors (Lipinski definition) is 1. The Balaban J connectivity index is 1.86. The molecule has 0 radical (unpaired) electrons. The van der Waals surface area contributed by atoms with Crippen LogP contribution in [0.3, 0.4) is 0 Å². The van der Waals surface area contributed by atoms with Gasteiger partial charge in [-0.25, -0.2) is 0 Å². The van der Waals surface area contributed by atoms with E-state index in [1.165, 1.54) is 12.8 Å². The molecule has 28 heavy (non-hydrogen) atoms. The van der Waals surface area contributed by atoms with E-state index in [9.17, 15) is 9.59 Å². The lowest BCUT2D eigenvalue weighted by Crippen LogP contribution is -2.36. The van der Waals surface area contributed by atoms with Crippen LogP contribution >= 0.6 is 0 Å². The number of benzene rings is 1. The van der Waals surface area contributed by atoms with Crippen LogP contribution in [0.1, 0.15) is 44.6 Å². The van der Waals surface area contributed by atoms with Gasteiger partial charge in [-0.05, 0) is 30.7 Å². The van der Waals surface area contributed by atoms with Gasteiger partial charge in [-0.1, -0.05) is 26.0 Å². The summed E-state index contributed by atoms with van der Waals surface area (Å²) >= 11 is 0. The summed E-state index contributed by atoms with van der Waals surface area (Å²) in [4.78, 5) is 27.5. The molecule has 1 heterocycles. The predicted octanol–water partition coefficient (Wildman–Crippen LogP) is 2.82. The summed E-state index contributed by atoms with van der Waals surface area (Å²) in [5, 5.41) is 3.10. The topological polar surface area (TPSA) is 67.9 Å². The van der Waals surface area contributed by atoms with Crippen molar-refractivity contribution in [3.63, 3.8) is 0 Å². The second kappa shape index (κ2) is 8.84. The quantitative estimate of drug-likeness (QED) is 0.744. The molecule has 3 rings (SSSR count). The van der Waals surface area contributed by atoms with E-state index in [-0.39, 0.29) is 23.7 Å². The molecule has 1 aromatic rings. The highest BCUT2D eigenvalue weighted by Crippen LogP contribution is 2.42. The molecule has 6 nitrogen and oxygen atoms in total. The van der Waals surface area contributed by atoms with Crippen molar-refractivity contribution in [2.24, 2.45) is 17.8 Å². The van der Waals surface area contributed by atoms with Crippen LogP contribution < -0.4 is 14.8 Å². The summed E-state index contributed by atoms with van der Waals surface area (Å²) in [6, 6.07) is 5.74. The molecule has 0 spiro atoms. The minimum atomic E-state index is -0.282. The SMILES string of the molecule is COc1cccc(C2CN(C(=O)CC(C)C)CC2C(=O)NCC2CC2)c1OC. The van der Waals surface area contributed by atoms with E-state index in [2.05, 4.69) is 5.32 Å². The van der Waals surface area contributed by atoms with Crippen LogP contribution in [0.15, 0.2) is 18.2 Å². The fraction of sp³-hybridized carbons (Fsp3) is 0.636. The molecule has 1 saturated heterocycles. The monoisotopic (exact) mass is 388 g/mol. The first-order valence-corrected chi connectivity index (χ1v) is 10.2. The third-order valence-electron chi connectivity index (χ3n) is 5.69. The first kappa shape index (κ1) is 20.5. The second-order valence-corrected chi connectivity index (χ2v) is 8.38. The molecule has 2 amide bonds. The standard InChI is InChI=1S/C22H32N2O4/c1-14(2)10-20(25)24-12-17(16-6-5-7-19(27-3)21(16)28-4)18(13-24)22(26)23-11-15-8-9-15/h5-7,14-15,17-18H,8-13H2,1-4H3,(H,23,26). The minimum absolute atomic E-state index is 0.0293. The van der Waals surface area contributed by atoms with E-state index in [1.807, 2.05) is 36.9 Å². The van der Waals surface area contributed by atoms with Gasteiger partial charge >= 0.3 is 0 Å². The van der Waals surface area contributed by atoms with Gasteiger partial charge in [0.05, 0.1) is 20.1 Å². The number of hydrogen-bond acceptors (Lipinski definition) is 4. The first-order chi connectivity index (χ1) is 13.4. The van der Waals surface area contributed by atoms with Crippen molar-refractivity contribution in [3.05, 3.63) is 23.8 Å². The number of likely N-dealkylation sites (tertiary alicyclic amines) is 1. The van der Waals surface area contributed by atoms with Gasteiger partial charge in [0, 0.05) is 37.5 Å². The normalized spacial score (nSPS) is 21.7. The molecule has 0 bridgehead atoms. The predicted molar refractivity (Wildman–Crippen MR) is 108 cm³/mol. The molecule has 2 aliphatic rings. The van der Waals surface area contributed by atoms with E-state index >= 15 is 0 Å². The Labute approximate surface area is 167 Å². The lowest BCUT2D eigenvalue weighted by atomic mass is 9.87. The Morgan fingerprint density at radius 3 is 2.54 bits per heavy atom. The minimum Gasteiger partial charge on any atom is -0.493 e. The van der Waals surface area contributed by atoms with E-state index in [0.29, 0.717) is 42.8 Å². The van der Waals surface area contributed by atoms with Crippen molar-refractivity contribution < 1.29 is 19.1 Å². The molecule has 1 N–H and O–H groups in total. The highest BCUT2D eigenvalue weighted by Gasteiger charge is 2.42. The first-order valence-electron chi connectivity index (χ1n) is 10.2. The number of nitrogens with one attached hydrogen (secondary N) is 1. The number of carbonyl (C=O) groups excluding carboxylic acids is 2. The van der Waals surface area contributed by atoms with Crippen LogP contribution in [0.2, 0.25) is 0 Å². The van der Waals surface area contributed by atoms with Crippen LogP contribution in [0.25, 0.3) is 0 Å². The molecule has 6 heteroatoms. The van der Waals surface area contributed by atoms with Gasteiger partial charge in [0.25, 0.3) is 0 Å². The maximum Gasteiger partial charge on any atom is 0.225 e. The van der Waals surface area contributed by atoms with Crippen molar-refractivity contribution >= 4 is 11.8 Å². The summed E-state index contributed by atoms with van der Waals surface area (Å²) in [7, 11) is 3.22. The molecule has 0 aromatic heterocycles. The van der Waals surface area contributed by atoms with E-state index in [0.717, 1.165) is 12.1 Å². The third-order valence-corrected chi connectivity index (χ3v) is 5.69. The average Bonchev–Trinajstić information content (AvgIpc) is 3.40. The number of methoxy groups -OCH3 is 2. The maximum absolute atomic E-state index is 13.0. The molecule has 1 aromatic carbocycles. The van der Waals surface area contributed by atoms with Gasteiger partial charge < -0.3 is 19.7 Å². The fourth-order valence-corrected chi connectivity index (χ4v) is 3.97. The van der Waals surface area contributed by atoms with Gasteiger partial charge in [0.1, 0.15) is 0 Å². The number of rotatable bonds is 8. The summed E-state index contributed by atoms with van der Waals surface area (Å²) < 4.78 is 11.1. The summed E-state index contributed by atoms with van der Waals surface area (Å²) in [5.74, 6) is 1.95. The Kier molecular flexibility index (Phi) is 6.47. The number of ether oxygens (including phenoxy) is 2. The lowest BCUT2D eigenvalue weighted by Gasteiger charge is -2.21. The van der Waals surface area contributed by atoms with Gasteiger partial charge in [0.2, 0.25) is 11.8 Å². The smallest absolute Gasteiger partial charge is 0.225 e. The van der Waals surface area contributed by atoms with Crippen molar-refractivity contribution in [1.82, 2.24) is 10.2 Å². The maximum atomic E-state index is 13.0.